The summed E-state index contributed by atoms with van der Waals surface area (Å²) in [6.45, 7) is 1.71. The molecule has 0 saturated carbocycles. The third-order valence-corrected chi connectivity index (χ3v) is 5.85. The van der Waals surface area contributed by atoms with E-state index >= 15 is 0 Å². The average Bonchev–Trinajstić information content (AvgIpc) is 3.28. The molecule has 0 aliphatic carbocycles. The number of rotatable bonds is 5. The highest BCUT2D eigenvalue weighted by molar-refractivity contribution is 6.36. The van der Waals surface area contributed by atoms with E-state index in [1.54, 1.807) is 47.4 Å². The van der Waals surface area contributed by atoms with E-state index in [0.29, 0.717) is 59.0 Å². The average molecular weight is 476 g/mol. The van der Waals surface area contributed by atoms with Gasteiger partial charge in [0, 0.05) is 36.8 Å². The minimum atomic E-state index is -0.429. The van der Waals surface area contributed by atoms with Gasteiger partial charge < -0.3 is 19.0 Å². The minimum absolute atomic E-state index is 0.0281. The van der Waals surface area contributed by atoms with Gasteiger partial charge in [0.2, 0.25) is 0 Å². The molecule has 1 fully saturated rings. The van der Waals surface area contributed by atoms with Gasteiger partial charge in [0.15, 0.2) is 5.76 Å². The van der Waals surface area contributed by atoms with E-state index in [9.17, 15) is 14.9 Å². The first kappa shape index (κ1) is 22.0. The second kappa shape index (κ2) is 9.10. The maximum absolute atomic E-state index is 12.9. The van der Waals surface area contributed by atoms with Gasteiger partial charge in [0.25, 0.3) is 11.6 Å². The molecule has 32 heavy (non-hydrogen) atoms. The van der Waals surface area contributed by atoms with Crippen LogP contribution in [0.2, 0.25) is 10.0 Å². The first-order valence-corrected chi connectivity index (χ1v) is 10.5. The number of nitrogens with zero attached hydrogens (tertiary/aromatic N) is 3. The summed E-state index contributed by atoms with van der Waals surface area (Å²) >= 11 is 12.2. The van der Waals surface area contributed by atoms with E-state index in [4.69, 9.17) is 32.4 Å². The fraction of sp³-hybridized carbons (Fsp3) is 0.227. The highest BCUT2D eigenvalue weighted by Crippen LogP contribution is 2.34. The Morgan fingerprint density at radius 2 is 1.81 bits per heavy atom. The summed E-state index contributed by atoms with van der Waals surface area (Å²) in [6.07, 6.45) is 0. The van der Waals surface area contributed by atoms with Gasteiger partial charge in [-0.05, 0) is 42.5 Å². The zero-order valence-electron chi connectivity index (χ0n) is 17.1. The van der Waals surface area contributed by atoms with Crippen LogP contribution in [0.4, 0.5) is 11.4 Å². The van der Waals surface area contributed by atoms with Crippen molar-refractivity contribution >= 4 is 40.5 Å². The third kappa shape index (κ3) is 4.37. The van der Waals surface area contributed by atoms with Gasteiger partial charge in [-0.1, -0.05) is 23.2 Å². The van der Waals surface area contributed by atoms with Crippen molar-refractivity contribution in [3.63, 3.8) is 0 Å². The summed E-state index contributed by atoms with van der Waals surface area (Å²) in [5.41, 5.74) is 1.12. The van der Waals surface area contributed by atoms with Crippen molar-refractivity contribution in [3.8, 4) is 17.1 Å². The van der Waals surface area contributed by atoms with Crippen molar-refractivity contribution in [2.24, 2.45) is 0 Å². The molecule has 0 radical (unpaired) electrons. The third-order valence-electron chi connectivity index (χ3n) is 5.30. The molecule has 0 atom stereocenters. The molecule has 1 aliphatic rings. The highest BCUT2D eigenvalue weighted by atomic mass is 35.5. The van der Waals surface area contributed by atoms with Crippen LogP contribution in [0.15, 0.2) is 52.9 Å². The zero-order valence-corrected chi connectivity index (χ0v) is 18.6. The Labute approximate surface area is 194 Å². The summed E-state index contributed by atoms with van der Waals surface area (Å²) in [6, 6.07) is 13.1. The molecule has 0 bridgehead atoms. The Morgan fingerprint density at radius 3 is 2.47 bits per heavy atom. The van der Waals surface area contributed by atoms with Crippen LogP contribution in [0.3, 0.4) is 0 Å². The first-order valence-electron chi connectivity index (χ1n) is 9.79. The number of amides is 1. The molecule has 1 aromatic heterocycles. The molecule has 2 heterocycles. The number of carbonyl (C=O) groups is 1. The van der Waals surface area contributed by atoms with Crippen LogP contribution in [0.25, 0.3) is 11.3 Å². The number of carbonyl (C=O) groups excluding carboxylic acids is 1. The lowest BCUT2D eigenvalue weighted by Gasteiger charge is -2.35. The van der Waals surface area contributed by atoms with E-state index < -0.39 is 4.92 Å². The number of halogens is 2. The van der Waals surface area contributed by atoms with Gasteiger partial charge >= 0.3 is 0 Å². The van der Waals surface area contributed by atoms with Crippen molar-refractivity contribution in [2.45, 2.75) is 0 Å². The first-order chi connectivity index (χ1) is 15.4. The number of anilines is 1. The molecule has 1 saturated heterocycles. The van der Waals surface area contributed by atoms with Crippen molar-refractivity contribution in [1.29, 1.82) is 0 Å². The van der Waals surface area contributed by atoms with E-state index in [0.717, 1.165) is 0 Å². The highest BCUT2D eigenvalue weighted by Gasteiger charge is 2.28. The van der Waals surface area contributed by atoms with Crippen molar-refractivity contribution in [1.82, 2.24) is 4.90 Å². The van der Waals surface area contributed by atoms with Crippen LogP contribution in [0.1, 0.15) is 10.6 Å². The van der Waals surface area contributed by atoms with Crippen LogP contribution < -0.4 is 9.64 Å². The smallest absolute Gasteiger partial charge is 0.296 e. The molecule has 10 heteroatoms. The normalized spacial score (nSPS) is 13.8. The van der Waals surface area contributed by atoms with Gasteiger partial charge in [-0.15, -0.1) is 0 Å². The molecule has 1 aliphatic heterocycles. The number of nitro groups is 1. The number of hydrogen-bond donors (Lipinski definition) is 0. The Kier molecular flexibility index (Phi) is 6.25. The van der Waals surface area contributed by atoms with Crippen molar-refractivity contribution in [2.75, 3.05) is 38.2 Å². The zero-order chi connectivity index (χ0) is 22.8. The minimum Gasteiger partial charge on any atom is -0.496 e. The predicted octanol–water partition coefficient (Wildman–Crippen LogP) is 5.13. The number of furan rings is 1. The topological polar surface area (TPSA) is 89.1 Å². The Bertz CT molecular complexity index is 1170. The number of benzene rings is 2. The molecule has 0 N–H and O–H groups in total. The number of ether oxygens (including phenoxy) is 1. The number of nitro benzene ring substituents is 1. The van der Waals surface area contributed by atoms with Gasteiger partial charge in [0.05, 0.1) is 23.1 Å². The second-order valence-electron chi connectivity index (χ2n) is 7.18. The van der Waals surface area contributed by atoms with Gasteiger partial charge in [-0.2, -0.15) is 0 Å². The Balaban J connectivity index is 1.46. The van der Waals surface area contributed by atoms with Crippen LogP contribution in [0, 0.1) is 10.1 Å². The lowest BCUT2D eigenvalue weighted by Crippen LogP contribution is -2.48. The molecule has 0 unspecified atom stereocenters. The molecule has 3 aromatic rings. The molecule has 8 nitrogen and oxygen atoms in total. The summed E-state index contributed by atoms with van der Waals surface area (Å²) < 4.78 is 10.8. The summed E-state index contributed by atoms with van der Waals surface area (Å²) in [4.78, 5) is 27.5. The van der Waals surface area contributed by atoms with E-state index in [1.807, 2.05) is 4.90 Å². The van der Waals surface area contributed by atoms with Gasteiger partial charge in [0.1, 0.15) is 17.2 Å². The molecule has 4 rings (SSSR count). The van der Waals surface area contributed by atoms with Crippen LogP contribution in [-0.2, 0) is 0 Å². The monoisotopic (exact) mass is 475 g/mol. The van der Waals surface area contributed by atoms with Crippen molar-refractivity contribution in [3.05, 3.63) is 74.5 Å². The summed E-state index contributed by atoms with van der Waals surface area (Å²) in [5, 5.41) is 12.4. The van der Waals surface area contributed by atoms with Crippen molar-refractivity contribution < 1.29 is 18.9 Å². The lowest BCUT2D eigenvalue weighted by atomic mass is 10.2. The molecule has 2 aromatic carbocycles. The predicted molar refractivity (Wildman–Crippen MR) is 122 cm³/mol. The van der Waals surface area contributed by atoms with Crippen LogP contribution >= 0.6 is 23.2 Å². The second-order valence-corrected chi connectivity index (χ2v) is 8.02. The number of methoxy groups -OCH3 is 1. The van der Waals surface area contributed by atoms with Crippen LogP contribution in [0.5, 0.6) is 5.75 Å². The van der Waals surface area contributed by atoms with Gasteiger partial charge in [-0.25, -0.2) is 0 Å². The quantitative estimate of drug-likeness (QED) is 0.375. The summed E-state index contributed by atoms with van der Waals surface area (Å²) in [5.74, 6) is 0.853. The molecule has 1 amide bonds. The molecule has 0 spiro atoms. The maximum atomic E-state index is 12.9. The number of piperazine rings is 1. The van der Waals surface area contributed by atoms with E-state index in [2.05, 4.69) is 0 Å². The van der Waals surface area contributed by atoms with Crippen LogP contribution in [-0.4, -0.2) is 49.0 Å². The number of hydrogen-bond acceptors (Lipinski definition) is 6. The Hall–Kier alpha value is -3.23. The van der Waals surface area contributed by atoms with E-state index in [-0.39, 0.29) is 17.4 Å². The Morgan fingerprint density at radius 1 is 1.06 bits per heavy atom. The SMILES string of the molecule is COc1ccc(N2CCN(C(=O)c3ccc(-c4ccc(Cl)cc4Cl)o3)CC2)c([N+](=O)[O-])c1. The standard InChI is InChI=1S/C22H19Cl2N3O5/c1-31-15-3-5-18(19(13-15)27(29)30)25-8-10-26(11-9-25)22(28)21-7-6-20(32-21)16-4-2-14(23)12-17(16)24/h2-7,12-13H,8-11H2,1H3. The largest absolute Gasteiger partial charge is 0.496 e. The fourth-order valence-corrected chi connectivity index (χ4v) is 4.14. The summed E-state index contributed by atoms with van der Waals surface area (Å²) in [7, 11) is 1.46. The van der Waals surface area contributed by atoms with Gasteiger partial charge in [-0.3, -0.25) is 14.9 Å². The molecular weight excluding hydrogens is 457 g/mol. The maximum Gasteiger partial charge on any atom is 0.296 e. The fourth-order valence-electron chi connectivity index (χ4n) is 3.64. The van der Waals surface area contributed by atoms with E-state index in [1.165, 1.54) is 13.2 Å². The molecular formula is C22H19Cl2N3O5. The lowest BCUT2D eigenvalue weighted by molar-refractivity contribution is -0.384. The molecule has 166 valence electrons.